The molecular weight excluding hydrogens is 803 g/mol. The number of ether oxygens (including phenoxy) is 1. The van der Waals surface area contributed by atoms with Gasteiger partial charge in [-0.3, -0.25) is 14.4 Å². The number of amides is 2. The second-order valence-electron chi connectivity index (χ2n) is 18.2. The molecule has 1 saturated heterocycles. The molecule has 1 aromatic heterocycles. The molecule has 10 nitrogen and oxygen atoms in total. The number of nitrogens with one attached hydrogen (secondary N) is 3. The summed E-state index contributed by atoms with van der Waals surface area (Å²) in [4.78, 5) is 44.7. The fourth-order valence-corrected chi connectivity index (χ4v) is 9.87. The zero-order valence-corrected chi connectivity index (χ0v) is 38.2. The van der Waals surface area contributed by atoms with Gasteiger partial charge in [-0.1, -0.05) is 130 Å². The molecule has 0 spiro atoms. The molecule has 2 atom stereocenters. The molecule has 5 N–H and O–H groups in total. The molecule has 7 rings (SSSR count). The maximum Gasteiger partial charge on any atom is 0.251 e. The third-order valence-electron chi connectivity index (χ3n) is 13.0. The second-order valence-corrected chi connectivity index (χ2v) is 22.9. The van der Waals surface area contributed by atoms with Gasteiger partial charge in [-0.15, -0.1) is 0 Å². The monoisotopic (exact) mass is 863 g/mol. The van der Waals surface area contributed by atoms with Gasteiger partial charge in [0.15, 0.2) is 8.32 Å². The molecule has 2 amide bonds. The van der Waals surface area contributed by atoms with E-state index in [2.05, 4.69) is 60.4 Å². The van der Waals surface area contributed by atoms with E-state index in [-0.39, 0.29) is 34.4 Å². The summed E-state index contributed by atoms with van der Waals surface area (Å²) < 4.78 is 13.3. The van der Waals surface area contributed by atoms with Gasteiger partial charge in [0.05, 0.1) is 11.6 Å². The SMILES string of the molecule is CC(C)(C)[Si](C)(C)OC(CNCc1ccc(C(=O)NCCN2CCC(C(C(N)=O)(c3ccccc3)c3ccccc3)C2)cc1)c1ccc(OCc2ccccc2)c2[nH]c(=O)ccc12. The molecule has 6 aromatic rings. The summed E-state index contributed by atoms with van der Waals surface area (Å²) in [5.41, 5.74) is 11.2. The fraction of sp³-hybridized carbons (Fsp3) is 0.327. The second kappa shape index (κ2) is 19.7. The van der Waals surface area contributed by atoms with Crippen LogP contribution in [0.3, 0.4) is 0 Å². The van der Waals surface area contributed by atoms with E-state index in [1.807, 2.05) is 127 Å². The number of aromatic amines is 1. The highest BCUT2D eigenvalue weighted by atomic mass is 28.4. The standard InChI is InChI=1S/C52H61N5O5Si/c1-51(2,3)63(4,5)62-46(43-25-27-45(48-44(43)26-28-47(58)56-48)61-36-38-15-9-6-10-16-38)34-54-33-37-21-23-39(24-22-37)49(59)55-30-32-57-31-29-42(35-57)52(50(53)60,40-17-11-7-12-18-40)41-19-13-8-14-20-41/h6-28,42,46,54H,29-36H2,1-5H3,(H2,53,60)(H,55,59)(H,56,58). The van der Waals surface area contributed by atoms with Crippen LogP contribution in [0.15, 0.2) is 144 Å². The van der Waals surface area contributed by atoms with E-state index >= 15 is 0 Å². The van der Waals surface area contributed by atoms with Crippen LogP contribution >= 0.6 is 0 Å². The van der Waals surface area contributed by atoms with Crippen molar-refractivity contribution in [1.29, 1.82) is 0 Å². The smallest absolute Gasteiger partial charge is 0.251 e. The van der Waals surface area contributed by atoms with Crippen LogP contribution in [0.1, 0.15) is 71.5 Å². The van der Waals surface area contributed by atoms with Crippen molar-refractivity contribution in [3.8, 4) is 5.75 Å². The molecular formula is C52H61N5O5Si. The van der Waals surface area contributed by atoms with Crippen LogP contribution in [0.4, 0.5) is 0 Å². The molecule has 0 radical (unpaired) electrons. The van der Waals surface area contributed by atoms with Gasteiger partial charge < -0.3 is 35.4 Å². The normalized spacial score (nSPS) is 15.3. The molecule has 2 unspecified atom stereocenters. The number of benzene rings is 5. The zero-order chi connectivity index (χ0) is 44.6. The van der Waals surface area contributed by atoms with E-state index in [4.69, 9.17) is 14.9 Å². The van der Waals surface area contributed by atoms with Crippen molar-refractivity contribution in [3.05, 3.63) is 183 Å². The number of rotatable bonds is 18. The van der Waals surface area contributed by atoms with E-state index in [1.54, 1.807) is 6.07 Å². The van der Waals surface area contributed by atoms with Crippen LogP contribution in [0.2, 0.25) is 18.1 Å². The lowest BCUT2D eigenvalue weighted by molar-refractivity contribution is -0.123. The lowest BCUT2D eigenvalue weighted by Gasteiger charge is -2.39. The lowest BCUT2D eigenvalue weighted by Crippen LogP contribution is -2.49. The minimum Gasteiger partial charge on any atom is -0.487 e. The molecule has 2 heterocycles. The molecule has 328 valence electrons. The third kappa shape index (κ3) is 10.3. The molecule has 0 saturated carbocycles. The van der Waals surface area contributed by atoms with Crippen molar-refractivity contribution < 1.29 is 18.8 Å². The first-order valence-electron chi connectivity index (χ1n) is 22.0. The first-order valence-corrected chi connectivity index (χ1v) is 24.9. The number of primary amides is 1. The fourth-order valence-electron chi connectivity index (χ4n) is 8.60. The molecule has 0 aliphatic carbocycles. The minimum absolute atomic E-state index is 0.0132. The van der Waals surface area contributed by atoms with Crippen molar-refractivity contribution in [2.75, 3.05) is 32.7 Å². The minimum atomic E-state index is -2.25. The summed E-state index contributed by atoms with van der Waals surface area (Å²) >= 11 is 0. The van der Waals surface area contributed by atoms with Crippen molar-refractivity contribution in [2.45, 2.75) is 70.0 Å². The average molecular weight is 864 g/mol. The highest BCUT2D eigenvalue weighted by Gasteiger charge is 2.49. The van der Waals surface area contributed by atoms with Crippen LogP contribution < -0.4 is 26.7 Å². The third-order valence-corrected chi connectivity index (χ3v) is 17.5. The van der Waals surface area contributed by atoms with E-state index < -0.39 is 13.7 Å². The summed E-state index contributed by atoms with van der Waals surface area (Å²) in [7, 11) is -2.25. The van der Waals surface area contributed by atoms with Gasteiger partial charge in [0.1, 0.15) is 17.8 Å². The Morgan fingerprint density at radius 2 is 1.46 bits per heavy atom. The zero-order valence-electron chi connectivity index (χ0n) is 37.2. The average Bonchev–Trinajstić information content (AvgIpc) is 3.75. The summed E-state index contributed by atoms with van der Waals surface area (Å²) in [5, 5.41) is 7.58. The number of pyridine rings is 1. The molecule has 1 fully saturated rings. The van der Waals surface area contributed by atoms with Crippen LogP contribution in [0, 0.1) is 5.92 Å². The summed E-state index contributed by atoms with van der Waals surface area (Å²) in [6, 6.07) is 44.8. The first kappa shape index (κ1) is 45.2. The number of nitrogens with zero attached hydrogens (tertiary/aromatic N) is 1. The number of fused-ring (bicyclic) bond motifs is 1. The Morgan fingerprint density at radius 3 is 2.08 bits per heavy atom. The predicted molar refractivity (Wildman–Crippen MR) is 254 cm³/mol. The van der Waals surface area contributed by atoms with E-state index in [9.17, 15) is 14.4 Å². The number of nitrogens with two attached hydrogens (primary N) is 1. The Kier molecular flexibility index (Phi) is 14.1. The van der Waals surface area contributed by atoms with Crippen LogP contribution in [0.5, 0.6) is 5.75 Å². The Bertz CT molecular complexity index is 2490. The summed E-state index contributed by atoms with van der Waals surface area (Å²) in [5.74, 6) is 0.118. The van der Waals surface area contributed by atoms with Gasteiger partial charge >= 0.3 is 0 Å². The summed E-state index contributed by atoms with van der Waals surface area (Å²) in [6.07, 6.45) is 0.509. The van der Waals surface area contributed by atoms with Gasteiger partial charge in [-0.25, -0.2) is 0 Å². The van der Waals surface area contributed by atoms with Gasteiger partial charge in [0.25, 0.3) is 5.91 Å². The van der Waals surface area contributed by atoms with Crippen LogP contribution in [0.25, 0.3) is 10.9 Å². The number of carbonyl (C=O) groups excluding carboxylic acids is 2. The number of carbonyl (C=O) groups is 2. The largest absolute Gasteiger partial charge is 0.487 e. The molecule has 11 heteroatoms. The van der Waals surface area contributed by atoms with Gasteiger partial charge in [0, 0.05) is 49.7 Å². The number of H-pyrrole nitrogens is 1. The molecule has 1 aliphatic heterocycles. The Hall–Kier alpha value is -5.85. The lowest BCUT2D eigenvalue weighted by atomic mass is 9.64. The first-order chi connectivity index (χ1) is 30.3. The molecule has 0 bridgehead atoms. The summed E-state index contributed by atoms with van der Waals surface area (Å²) in [6.45, 7) is 15.3. The van der Waals surface area contributed by atoms with Gasteiger partial charge in [-0.2, -0.15) is 0 Å². The molecule has 5 aromatic carbocycles. The van der Waals surface area contributed by atoms with E-state index in [0.717, 1.165) is 46.2 Å². The predicted octanol–water partition coefficient (Wildman–Crippen LogP) is 8.48. The Morgan fingerprint density at radius 1 is 0.825 bits per heavy atom. The van der Waals surface area contributed by atoms with Gasteiger partial charge in [0.2, 0.25) is 11.5 Å². The quantitative estimate of drug-likeness (QED) is 0.0636. The number of likely N-dealkylation sites (tertiary alicyclic amines) is 1. The van der Waals surface area contributed by atoms with Crippen molar-refractivity contribution in [3.63, 3.8) is 0 Å². The van der Waals surface area contributed by atoms with Crippen LogP contribution in [-0.2, 0) is 27.8 Å². The van der Waals surface area contributed by atoms with E-state index in [0.29, 0.717) is 56.2 Å². The highest BCUT2D eigenvalue weighted by molar-refractivity contribution is 6.74. The Balaban J connectivity index is 0.972. The maximum atomic E-state index is 13.5. The van der Waals surface area contributed by atoms with Crippen molar-refractivity contribution >= 4 is 31.0 Å². The van der Waals surface area contributed by atoms with Crippen LogP contribution in [-0.4, -0.2) is 62.7 Å². The maximum absolute atomic E-state index is 13.5. The van der Waals surface area contributed by atoms with Crippen molar-refractivity contribution in [1.82, 2.24) is 20.5 Å². The van der Waals surface area contributed by atoms with Gasteiger partial charge in [-0.05, 0) is 89.1 Å². The van der Waals surface area contributed by atoms with E-state index in [1.165, 1.54) is 0 Å². The number of aromatic nitrogens is 1. The molecule has 1 aliphatic rings. The number of hydrogen-bond donors (Lipinski definition) is 4. The topological polar surface area (TPSA) is 139 Å². The number of hydrogen-bond acceptors (Lipinski definition) is 7. The van der Waals surface area contributed by atoms with Crippen molar-refractivity contribution in [2.24, 2.45) is 11.7 Å². The molecule has 63 heavy (non-hydrogen) atoms. The highest BCUT2D eigenvalue weighted by Crippen LogP contribution is 2.44. The Labute approximate surface area is 372 Å².